The van der Waals surface area contributed by atoms with Crippen molar-refractivity contribution in [2.24, 2.45) is 0 Å². The van der Waals surface area contributed by atoms with Gasteiger partial charge in [0, 0.05) is 5.88 Å². The van der Waals surface area contributed by atoms with Crippen LogP contribution in [0.1, 0.15) is 26.2 Å². The summed E-state index contributed by atoms with van der Waals surface area (Å²) in [6.07, 6.45) is 3.73. The molecule has 0 aliphatic heterocycles. The Hall–Kier alpha value is 0.680. The molecular weight excluding hydrogens is 140 g/mol. The molecule has 0 radical (unpaired) electrons. The molecule has 0 aromatic rings. The van der Waals surface area contributed by atoms with E-state index in [0.717, 1.165) is 5.88 Å². The third kappa shape index (κ3) is 15.9. The second kappa shape index (κ2) is 15.6. The SMILES string of the molecule is CCCCCCl.N.P. The summed E-state index contributed by atoms with van der Waals surface area (Å²) < 4.78 is 0. The lowest BCUT2D eigenvalue weighted by Crippen LogP contribution is -1.70. The second-order valence-electron chi connectivity index (χ2n) is 1.40. The lowest BCUT2D eigenvalue weighted by molar-refractivity contribution is 0.776. The summed E-state index contributed by atoms with van der Waals surface area (Å²) in [5.41, 5.74) is 0. The van der Waals surface area contributed by atoms with Gasteiger partial charge >= 0.3 is 0 Å². The number of halogens is 1. The molecule has 1 nitrogen and oxygen atoms in total. The topological polar surface area (TPSA) is 35.0 Å². The number of rotatable bonds is 3. The third-order valence-corrected chi connectivity index (χ3v) is 1.00. The molecule has 0 aliphatic carbocycles. The highest BCUT2D eigenvalue weighted by atomic mass is 35.5. The second-order valence-corrected chi connectivity index (χ2v) is 1.77. The average molecular weight is 158 g/mol. The van der Waals surface area contributed by atoms with Crippen molar-refractivity contribution in [2.45, 2.75) is 26.2 Å². The molecule has 0 heterocycles. The third-order valence-electron chi connectivity index (χ3n) is 0.737. The van der Waals surface area contributed by atoms with Crippen LogP contribution in [0.4, 0.5) is 0 Å². The minimum atomic E-state index is 0. The van der Waals surface area contributed by atoms with Gasteiger partial charge in [0.15, 0.2) is 0 Å². The van der Waals surface area contributed by atoms with Crippen molar-refractivity contribution in [1.82, 2.24) is 6.15 Å². The molecule has 0 saturated heterocycles. The highest BCUT2D eigenvalue weighted by Gasteiger charge is 1.76. The van der Waals surface area contributed by atoms with E-state index in [0.29, 0.717) is 0 Å². The van der Waals surface area contributed by atoms with E-state index in [4.69, 9.17) is 11.6 Å². The minimum absolute atomic E-state index is 0. The molecule has 0 spiro atoms. The van der Waals surface area contributed by atoms with E-state index in [1.807, 2.05) is 0 Å². The van der Waals surface area contributed by atoms with E-state index in [1.54, 1.807) is 0 Å². The Balaban J connectivity index is -0.000000125. The first-order valence-corrected chi connectivity index (χ1v) is 3.01. The van der Waals surface area contributed by atoms with E-state index >= 15 is 0 Å². The summed E-state index contributed by atoms with van der Waals surface area (Å²) in [6, 6.07) is 0. The molecule has 0 fully saturated rings. The fourth-order valence-electron chi connectivity index (χ4n) is 0.344. The minimum Gasteiger partial charge on any atom is -0.344 e. The summed E-state index contributed by atoms with van der Waals surface area (Å²) in [5.74, 6) is 0.827. The highest BCUT2D eigenvalue weighted by molar-refractivity contribution is 6.92. The summed E-state index contributed by atoms with van der Waals surface area (Å²) in [5, 5.41) is 0. The van der Waals surface area contributed by atoms with Crippen molar-refractivity contribution in [3.63, 3.8) is 0 Å². The van der Waals surface area contributed by atoms with Crippen LogP contribution in [-0.4, -0.2) is 5.88 Å². The first-order chi connectivity index (χ1) is 2.91. The van der Waals surface area contributed by atoms with Crippen LogP contribution in [0.15, 0.2) is 0 Å². The Bertz CT molecular complexity index is 24.4. The Morgan fingerprint density at radius 3 is 1.88 bits per heavy atom. The molecule has 0 saturated carbocycles. The van der Waals surface area contributed by atoms with Gasteiger partial charge in [-0.1, -0.05) is 19.8 Å². The van der Waals surface area contributed by atoms with Gasteiger partial charge in [0.25, 0.3) is 0 Å². The van der Waals surface area contributed by atoms with E-state index in [-0.39, 0.29) is 16.0 Å². The first kappa shape index (κ1) is 15.9. The predicted molar refractivity (Wildman–Crippen MR) is 46.4 cm³/mol. The maximum atomic E-state index is 5.38. The van der Waals surface area contributed by atoms with Crippen molar-refractivity contribution >= 4 is 21.5 Å². The van der Waals surface area contributed by atoms with Crippen LogP contribution in [0, 0.1) is 0 Å². The lowest BCUT2D eigenvalue weighted by atomic mass is 10.3. The van der Waals surface area contributed by atoms with Gasteiger partial charge in [-0.15, -0.1) is 11.6 Å². The molecule has 0 amide bonds. The summed E-state index contributed by atoms with van der Waals surface area (Å²) in [6.45, 7) is 2.17. The Morgan fingerprint density at radius 1 is 1.25 bits per heavy atom. The largest absolute Gasteiger partial charge is 0.344 e. The zero-order valence-electron chi connectivity index (χ0n) is 5.62. The van der Waals surface area contributed by atoms with E-state index in [9.17, 15) is 0 Å². The Morgan fingerprint density at radius 2 is 1.75 bits per heavy atom. The molecule has 3 N–H and O–H groups in total. The Labute approximate surface area is 60.4 Å². The monoisotopic (exact) mass is 157 g/mol. The van der Waals surface area contributed by atoms with Gasteiger partial charge < -0.3 is 6.15 Å². The van der Waals surface area contributed by atoms with Crippen LogP contribution in [0.5, 0.6) is 0 Å². The van der Waals surface area contributed by atoms with Gasteiger partial charge in [0.05, 0.1) is 0 Å². The van der Waals surface area contributed by atoms with Crippen molar-refractivity contribution in [2.75, 3.05) is 5.88 Å². The van der Waals surface area contributed by atoms with Gasteiger partial charge in [-0.05, 0) is 6.42 Å². The predicted octanol–water partition coefficient (Wildman–Crippen LogP) is 2.64. The van der Waals surface area contributed by atoms with Crippen molar-refractivity contribution in [3.05, 3.63) is 0 Å². The smallest absolute Gasteiger partial charge is 0.0223 e. The summed E-state index contributed by atoms with van der Waals surface area (Å²) in [4.78, 5) is 0. The van der Waals surface area contributed by atoms with Crippen LogP contribution in [0.25, 0.3) is 0 Å². The lowest BCUT2D eigenvalue weighted by Gasteiger charge is -1.84. The molecule has 0 rings (SSSR count). The van der Waals surface area contributed by atoms with Gasteiger partial charge in [-0.2, -0.15) is 9.90 Å². The fraction of sp³-hybridized carbons (Fsp3) is 1.00. The maximum Gasteiger partial charge on any atom is 0.0223 e. The summed E-state index contributed by atoms with van der Waals surface area (Å²) >= 11 is 5.38. The molecule has 0 aliphatic rings. The molecular formula is C5H17ClNP. The van der Waals surface area contributed by atoms with Gasteiger partial charge in [-0.25, -0.2) is 0 Å². The van der Waals surface area contributed by atoms with Crippen LogP contribution in [-0.2, 0) is 0 Å². The van der Waals surface area contributed by atoms with Crippen LogP contribution >= 0.6 is 21.5 Å². The van der Waals surface area contributed by atoms with E-state index in [1.165, 1.54) is 19.3 Å². The molecule has 54 valence electrons. The fourth-order valence-corrected chi connectivity index (χ4v) is 0.533. The van der Waals surface area contributed by atoms with Gasteiger partial charge in [0.2, 0.25) is 0 Å². The van der Waals surface area contributed by atoms with Gasteiger partial charge in [0.1, 0.15) is 0 Å². The zero-order valence-corrected chi connectivity index (χ0v) is 7.79. The molecule has 1 atom stereocenters. The standard InChI is InChI=1S/C5H11Cl.H3N.H3P/c1-2-3-4-5-6;;/h2-5H2,1H3;2*1H3. The Kier molecular flexibility index (Phi) is 31.0. The summed E-state index contributed by atoms with van der Waals surface area (Å²) in [7, 11) is 0. The molecule has 0 aromatic carbocycles. The molecule has 3 heteroatoms. The number of hydrogen-bond donors (Lipinski definition) is 1. The number of unbranched alkanes of at least 4 members (excludes halogenated alkanes) is 2. The van der Waals surface area contributed by atoms with E-state index in [2.05, 4.69) is 6.92 Å². The molecule has 0 bridgehead atoms. The van der Waals surface area contributed by atoms with E-state index < -0.39 is 0 Å². The normalized spacial score (nSPS) is 6.75. The van der Waals surface area contributed by atoms with Crippen molar-refractivity contribution in [3.8, 4) is 0 Å². The molecule has 0 aromatic heterocycles. The quantitative estimate of drug-likeness (QED) is 0.382. The number of alkyl halides is 1. The molecule has 8 heavy (non-hydrogen) atoms. The first-order valence-electron chi connectivity index (χ1n) is 2.47. The van der Waals surface area contributed by atoms with Crippen molar-refractivity contribution in [1.29, 1.82) is 0 Å². The molecule has 1 unspecified atom stereocenters. The zero-order chi connectivity index (χ0) is 4.83. The highest BCUT2D eigenvalue weighted by Crippen LogP contribution is 1.93. The van der Waals surface area contributed by atoms with Crippen LogP contribution < -0.4 is 6.15 Å². The average Bonchev–Trinajstić information content (AvgIpc) is 1.61. The number of hydrogen-bond acceptors (Lipinski definition) is 1. The maximum absolute atomic E-state index is 5.38. The van der Waals surface area contributed by atoms with Crippen LogP contribution in [0.3, 0.4) is 0 Å². The van der Waals surface area contributed by atoms with Gasteiger partial charge in [-0.3, -0.25) is 0 Å². The van der Waals surface area contributed by atoms with Crippen LogP contribution in [0.2, 0.25) is 0 Å². The van der Waals surface area contributed by atoms with Crippen molar-refractivity contribution < 1.29 is 0 Å².